The molecule has 0 bridgehead atoms. The molecule has 0 saturated heterocycles. The summed E-state index contributed by atoms with van der Waals surface area (Å²) in [5.74, 6) is -2.10. The van der Waals surface area contributed by atoms with E-state index in [1.165, 1.54) is 19.1 Å². The van der Waals surface area contributed by atoms with E-state index in [-0.39, 0.29) is 10.6 Å². The lowest BCUT2D eigenvalue weighted by molar-refractivity contribution is -0.141. The van der Waals surface area contributed by atoms with Crippen molar-refractivity contribution in [3.8, 4) is 0 Å². The molecule has 4 nitrogen and oxygen atoms in total. The highest BCUT2D eigenvalue weighted by Gasteiger charge is 2.22. The number of hydrogen-bond donors (Lipinski definition) is 2. The Morgan fingerprint density at radius 2 is 1.89 bits per heavy atom. The molecule has 1 aromatic rings. The van der Waals surface area contributed by atoms with Gasteiger partial charge in [-0.2, -0.15) is 0 Å². The van der Waals surface area contributed by atoms with E-state index in [0.29, 0.717) is 5.02 Å². The third-order valence-corrected chi connectivity index (χ3v) is 3.24. The quantitative estimate of drug-likeness (QED) is 0.896. The van der Waals surface area contributed by atoms with Gasteiger partial charge in [0.2, 0.25) is 0 Å². The summed E-state index contributed by atoms with van der Waals surface area (Å²) in [5.41, 5.74) is 0.230. The molecule has 0 aliphatic heterocycles. The lowest BCUT2D eigenvalue weighted by Crippen LogP contribution is -2.40. The first-order chi connectivity index (χ1) is 8.32. The van der Waals surface area contributed by atoms with Gasteiger partial charge >= 0.3 is 5.97 Å². The van der Waals surface area contributed by atoms with Crippen molar-refractivity contribution in [2.24, 2.45) is 5.92 Å². The average Bonchev–Trinajstić information content (AvgIpc) is 2.30. The normalized spacial score (nSPS) is 13.8. The van der Waals surface area contributed by atoms with Crippen molar-refractivity contribution in [1.29, 1.82) is 0 Å². The van der Waals surface area contributed by atoms with Gasteiger partial charge < -0.3 is 10.4 Å². The Balaban J connectivity index is 2.82. The molecule has 1 rings (SSSR count). The first-order valence-corrected chi connectivity index (χ1v) is 6.07. The maximum Gasteiger partial charge on any atom is 0.308 e. The summed E-state index contributed by atoms with van der Waals surface area (Å²) in [6.45, 7) is 3.14. The van der Waals surface area contributed by atoms with Gasteiger partial charge in [-0.3, -0.25) is 9.59 Å². The number of carboxylic acid groups (broad SMARTS) is 1. The molecule has 2 atom stereocenters. The number of carbonyl (C=O) groups excluding carboxylic acids is 1. The Hall–Kier alpha value is -1.26. The minimum Gasteiger partial charge on any atom is -0.481 e. The van der Waals surface area contributed by atoms with Gasteiger partial charge in [-0.25, -0.2) is 0 Å². The molecule has 0 heterocycles. The second-order valence-electron chi connectivity index (χ2n) is 4.01. The van der Waals surface area contributed by atoms with Gasteiger partial charge in [-0.15, -0.1) is 0 Å². The molecule has 0 saturated carbocycles. The highest BCUT2D eigenvalue weighted by Crippen LogP contribution is 2.20. The standard InChI is InChI=1S/C12H13Cl2NO3/c1-6(12(17)18)7(2)15-11(16)9-5-8(13)3-4-10(9)14/h3-7H,1-2H3,(H,15,16)(H,17,18). The number of carboxylic acids is 1. The van der Waals surface area contributed by atoms with Gasteiger partial charge in [0.05, 0.1) is 16.5 Å². The fourth-order valence-electron chi connectivity index (χ4n) is 1.29. The molecule has 1 amide bonds. The van der Waals surface area contributed by atoms with E-state index in [0.717, 1.165) is 0 Å². The smallest absolute Gasteiger partial charge is 0.308 e. The predicted molar refractivity (Wildman–Crippen MR) is 70.2 cm³/mol. The fourth-order valence-corrected chi connectivity index (χ4v) is 1.67. The maximum absolute atomic E-state index is 11.9. The second-order valence-corrected chi connectivity index (χ2v) is 4.86. The summed E-state index contributed by atoms with van der Waals surface area (Å²) in [5, 5.41) is 12.1. The summed E-state index contributed by atoms with van der Waals surface area (Å²) in [4.78, 5) is 22.7. The second kappa shape index (κ2) is 6.07. The molecule has 1 aromatic carbocycles. The van der Waals surface area contributed by atoms with Crippen LogP contribution in [0.3, 0.4) is 0 Å². The molecule has 0 fully saturated rings. The van der Waals surface area contributed by atoms with Gasteiger partial charge in [0, 0.05) is 11.1 Å². The first kappa shape index (κ1) is 14.8. The lowest BCUT2D eigenvalue weighted by atomic mass is 10.0. The summed E-state index contributed by atoms with van der Waals surface area (Å²) < 4.78 is 0. The number of amides is 1. The van der Waals surface area contributed by atoms with E-state index in [2.05, 4.69) is 5.32 Å². The molecule has 0 radical (unpaired) electrons. The third kappa shape index (κ3) is 3.62. The fraction of sp³-hybridized carbons (Fsp3) is 0.333. The van der Waals surface area contributed by atoms with Crippen LogP contribution in [0, 0.1) is 5.92 Å². The van der Waals surface area contributed by atoms with Crippen molar-refractivity contribution >= 4 is 35.1 Å². The van der Waals surface area contributed by atoms with Crippen molar-refractivity contribution in [3.05, 3.63) is 33.8 Å². The zero-order valence-corrected chi connectivity index (χ0v) is 11.4. The van der Waals surface area contributed by atoms with Crippen LogP contribution in [-0.2, 0) is 4.79 Å². The van der Waals surface area contributed by atoms with E-state index in [1.807, 2.05) is 0 Å². The Bertz CT molecular complexity index is 476. The third-order valence-electron chi connectivity index (χ3n) is 2.67. The van der Waals surface area contributed by atoms with E-state index in [4.69, 9.17) is 28.3 Å². The molecule has 0 aliphatic carbocycles. The Labute approximate surface area is 115 Å². The number of carbonyl (C=O) groups is 2. The Morgan fingerprint density at radius 1 is 1.28 bits per heavy atom. The van der Waals surface area contributed by atoms with E-state index >= 15 is 0 Å². The monoisotopic (exact) mass is 289 g/mol. The molecule has 18 heavy (non-hydrogen) atoms. The van der Waals surface area contributed by atoms with Crippen molar-refractivity contribution < 1.29 is 14.7 Å². The zero-order valence-electron chi connectivity index (χ0n) is 9.91. The number of rotatable bonds is 4. The number of benzene rings is 1. The first-order valence-electron chi connectivity index (χ1n) is 5.31. The predicted octanol–water partition coefficient (Wildman–Crippen LogP) is 2.83. The van der Waals surface area contributed by atoms with Crippen LogP contribution < -0.4 is 5.32 Å². The maximum atomic E-state index is 11.9. The highest BCUT2D eigenvalue weighted by molar-refractivity contribution is 6.35. The number of hydrogen-bond acceptors (Lipinski definition) is 2. The Kier molecular flexibility index (Phi) is 4.99. The molecule has 0 aromatic heterocycles. The molecular weight excluding hydrogens is 277 g/mol. The van der Waals surface area contributed by atoms with Crippen LogP contribution in [0.1, 0.15) is 24.2 Å². The zero-order chi connectivity index (χ0) is 13.9. The van der Waals surface area contributed by atoms with Crippen LogP contribution in [0.4, 0.5) is 0 Å². The van der Waals surface area contributed by atoms with Crippen LogP contribution >= 0.6 is 23.2 Å². The lowest BCUT2D eigenvalue weighted by Gasteiger charge is -2.18. The number of nitrogens with one attached hydrogen (secondary N) is 1. The molecule has 6 heteroatoms. The minimum absolute atomic E-state index is 0.230. The van der Waals surface area contributed by atoms with Crippen LogP contribution in [0.25, 0.3) is 0 Å². The average molecular weight is 290 g/mol. The van der Waals surface area contributed by atoms with Crippen molar-refractivity contribution in [1.82, 2.24) is 5.32 Å². The SMILES string of the molecule is CC(NC(=O)c1cc(Cl)ccc1Cl)C(C)C(=O)O. The molecule has 2 unspecified atom stereocenters. The van der Waals surface area contributed by atoms with Gasteiger partial charge in [-0.1, -0.05) is 23.2 Å². The molecule has 98 valence electrons. The van der Waals surface area contributed by atoms with Gasteiger partial charge in [-0.05, 0) is 32.0 Å². The van der Waals surface area contributed by atoms with Crippen LogP contribution in [0.2, 0.25) is 10.0 Å². The summed E-state index contributed by atoms with van der Waals surface area (Å²) in [6.07, 6.45) is 0. The number of aliphatic carboxylic acids is 1. The molecule has 2 N–H and O–H groups in total. The highest BCUT2D eigenvalue weighted by atomic mass is 35.5. The Morgan fingerprint density at radius 3 is 2.44 bits per heavy atom. The molecule has 0 aliphatic rings. The molecule has 0 spiro atoms. The van der Waals surface area contributed by atoms with Crippen LogP contribution in [-0.4, -0.2) is 23.0 Å². The van der Waals surface area contributed by atoms with Crippen molar-refractivity contribution in [2.75, 3.05) is 0 Å². The largest absolute Gasteiger partial charge is 0.481 e. The van der Waals surface area contributed by atoms with E-state index in [1.54, 1.807) is 13.0 Å². The van der Waals surface area contributed by atoms with Crippen LogP contribution in [0.15, 0.2) is 18.2 Å². The van der Waals surface area contributed by atoms with E-state index in [9.17, 15) is 9.59 Å². The van der Waals surface area contributed by atoms with Gasteiger partial charge in [0.25, 0.3) is 5.91 Å². The minimum atomic E-state index is -0.972. The summed E-state index contributed by atoms with van der Waals surface area (Å²) in [6, 6.07) is 4.02. The van der Waals surface area contributed by atoms with Gasteiger partial charge in [0.1, 0.15) is 0 Å². The van der Waals surface area contributed by atoms with Crippen molar-refractivity contribution in [3.63, 3.8) is 0 Å². The van der Waals surface area contributed by atoms with Crippen molar-refractivity contribution in [2.45, 2.75) is 19.9 Å². The molecular formula is C12H13Cl2NO3. The summed E-state index contributed by atoms with van der Waals surface area (Å²) in [7, 11) is 0. The topological polar surface area (TPSA) is 66.4 Å². The number of halogens is 2. The summed E-state index contributed by atoms with van der Waals surface area (Å²) >= 11 is 11.7. The van der Waals surface area contributed by atoms with E-state index < -0.39 is 23.8 Å². The van der Waals surface area contributed by atoms with Crippen LogP contribution in [0.5, 0.6) is 0 Å². The van der Waals surface area contributed by atoms with Gasteiger partial charge in [0.15, 0.2) is 0 Å².